The minimum absolute atomic E-state index is 0.0133. The monoisotopic (exact) mass is 516 g/mol. The number of rotatable bonds is 12. The Hall–Kier alpha value is -2.19. The van der Waals surface area contributed by atoms with Gasteiger partial charge in [0.25, 0.3) is 0 Å². The second-order valence-electron chi connectivity index (χ2n) is 10.8. The van der Waals surface area contributed by atoms with E-state index in [1.807, 2.05) is 30.3 Å². The molecule has 0 aromatic heterocycles. The maximum Gasteiger partial charge on any atom is 0.307 e. The van der Waals surface area contributed by atoms with Crippen molar-refractivity contribution in [3.05, 3.63) is 66.0 Å². The Morgan fingerprint density at radius 3 is 2.50 bits per heavy atom. The molecule has 7 heteroatoms. The molecule has 0 saturated carbocycles. The number of carbonyl (C=O) groups excluding carboxylic acids is 1. The van der Waals surface area contributed by atoms with Crippen molar-refractivity contribution in [3.8, 4) is 5.75 Å². The summed E-state index contributed by atoms with van der Waals surface area (Å²) in [5.74, 6) is 0.451. The number of carbonyl (C=O) groups is 1. The summed E-state index contributed by atoms with van der Waals surface area (Å²) in [5.41, 5.74) is 2.37. The van der Waals surface area contributed by atoms with E-state index in [0.717, 1.165) is 17.7 Å². The van der Waals surface area contributed by atoms with E-state index in [0.29, 0.717) is 19.6 Å². The van der Waals surface area contributed by atoms with Crippen LogP contribution in [0.4, 0.5) is 0 Å². The SMILES string of the molecule is COc1ccc(CO[C@@H](C/C=C/OC(C)=O)C(/C=C/[C@@H]2CC(C)=CCO2)O[Si](C)(C)C(C)(C)C)cc1. The molecule has 0 amide bonds. The van der Waals surface area contributed by atoms with Gasteiger partial charge >= 0.3 is 5.97 Å². The van der Waals surface area contributed by atoms with Crippen molar-refractivity contribution in [2.24, 2.45) is 0 Å². The average Bonchev–Trinajstić information content (AvgIpc) is 2.81. The van der Waals surface area contributed by atoms with Gasteiger partial charge in [-0.25, -0.2) is 0 Å². The maximum absolute atomic E-state index is 11.2. The molecule has 0 N–H and O–H groups in total. The normalized spacial score (nSPS) is 18.8. The summed E-state index contributed by atoms with van der Waals surface area (Å²) in [7, 11) is -0.474. The molecule has 3 atom stereocenters. The number of ether oxygens (including phenoxy) is 4. The summed E-state index contributed by atoms with van der Waals surface area (Å²) >= 11 is 0. The van der Waals surface area contributed by atoms with Crippen LogP contribution >= 0.6 is 0 Å². The average molecular weight is 517 g/mol. The van der Waals surface area contributed by atoms with Crippen LogP contribution in [0.15, 0.2) is 60.4 Å². The highest BCUT2D eigenvalue weighted by Crippen LogP contribution is 2.38. The molecule has 1 aromatic rings. The lowest BCUT2D eigenvalue weighted by Crippen LogP contribution is -2.47. The molecule has 0 spiro atoms. The van der Waals surface area contributed by atoms with E-state index in [2.05, 4.69) is 59.0 Å². The molecular formula is C29H44O6Si. The summed E-state index contributed by atoms with van der Waals surface area (Å²) in [6.45, 7) is 15.7. The zero-order chi connectivity index (χ0) is 26.8. The van der Waals surface area contributed by atoms with Crippen molar-refractivity contribution < 1.29 is 28.2 Å². The number of benzene rings is 1. The van der Waals surface area contributed by atoms with Gasteiger partial charge in [0.15, 0.2) is 8.32 Å². The van der Waals surface area contributed by atoms with E-state index < -0.39 is 8.32 Å². The van der Waals surface area contributed by atoms with Gasteiger partial charge in [-0.3, -0.25) is 4.79 Å². The minimum atomic E-state index is -2.13. The summed E-state index contributed by atoms with van der Waals surface area (Å²) in [6.07, 6.45) is 10.4. The molecule has 0 fully saturated rings. The van der Waals surface area contributed by atoms with Gasteiger partial charge in [-0.05, 0) is 61.7 Å². The molecule has 6 nitrogen and oxygen atoms in total. The molecule has 2 rings (SSSR count). The third-order valence-corrected chi connectivity index (χ3v) is 11.2. The second-order valence-corrected chi connectivity index (χ2v) is 15.5. The lowest BCUT2D eigenvalue weighted by Gasteiger charge is -2.40. The molecule has 1 unspecified atom stereocenters. The highest BCUT2D eigenvalue weighted by Gasteiger charge is 2.40. The first kappa shape index (κ1) is 30.0. The van der Waals surface area contributed by atoms with Crippen molar-refractivity contribution in [3.63, 3.8) is 0 Å². The second kappa shape index (κ2) is 13.9. The zero-order valence-corrected chi connectivity index (χ0v) is 24.2. The van der Waals surface area contributed by atoms with Crippen molar-refractivity contribution in [1.29, 1.82) is 0 Å². The molecule has 0 radical (unpaired) electrons. The lowest BCUT2D eigenvalue weighted by molar-refractivity contribution is -0.135. The van der Waals surface area contributed by atoms with Crippen LogP contribution in [-0.2, 0) is 30.0 Å². The number of hydrogen-bond donors (Lipinski definition) is 0. The van der Waals surface area contributed by atoms with Crippen LogP contribution in [0.25, 0.3) is 0 Å². The van der Waals surface area contributed by atoms with Crippen LogP contribution in [0.2, 0.25) is 18.1 Å². The summed E-state index contributed by atoms with van der Waals surface area (Å²) in [6, 6.07) is 7.84. The van der Waals surface area contributed by atoms with Crippen LogP contribution in [0.5, 0.6) is 5.75 Å². The van der Waals surface area contributed by atoms with Crippen LogP contribution in [0, 0.1) is 0 Å². The summed E-state index contributed by atoms with van der Waals surface area (Å²) in [5, 5.41) is 0.0356. The Morgan fingerprint density at radius 1 is 1.22 bits per heavy atom. The van der Waals surface area contributed by atoms with Gasteiger partial charge in [0.1, 0.15) is 5.75 Å². The molecule has 36 heavy (non-hydrogen) atoms. The zero-order valence-electron chi connectivity index (χ0n) is 23.2. The Labute approximate surface area is 218 Å². The third-order valence-electron chi connectivity index (χ3n) is 6.71. The van der Waals surface area contributed by atoms with Crippen LogP contribution in [0.1, 0.15) is 53.0 Å². The molecule has 0 saturated heterocycles. The first-order valence-electron chi connectivity index (χ1n) is 12.6. The van der Waals surface area contributed by atoms with Gasteiger partial charge in [0.2, 0.25) is 0 Å². The smallest absolute Gasteiger partial charge is 0.307 e. The van der Waals surface area contributed by atoms with Crippen molar-refractivity contribution in [2.75, 3.05) is 13.7 Å². The molecule has 1 aromatic carbocycles. The van der Waals surface area contributed by atoms with Gasteiger partial charge < -0.3 is 23.4 Å². The predicted molar refractivity (Wildman–Crippen MR) is 146 cm³/mol. The van der Waals surface area contributed by atoms with E-state index in [-0.39, 0.29) is 29.3 Å². The molecule has 1 heterocycles. The summed E-state index contributed by atoms with van der Waals surface area (Å²) < 4.78 is 29.5. The van der Waals surface area contributed by atoms with Gasteiger partial charge in [-0.15, -0.1) is 0 Å². The van der Waals surface area contributed by atoms with Crippen LogP contribution < -0.4 is 4.74 Å². The first-order chi connectivity index (χ1) is 16.9. The first-order valence-corrected chi connectivity index (χ1v) is 15.5. The summed E-state index contributed by atoms with van der Waals surface area (Å²) in [4.78, 5) is 11.2. The van der Waals surface area contributed by atoms with Crippen molar-refractivity contribution in [2.45, 2.75) is 90.5 Å². The number of hydrogen-bond acceptors (Lipinski definition) is 6. The fraction of sp³-hybridized carbons (Fsp3) is 0.552. The number of esters is 1. The molecule has 0 bridgehead atoms. The van der Waals surface area contributed by atoms with E-state index in [9.17, 15) is 4.79 Å². The molecule has 1 aliphatic rings. The van der Waals surface area contributed by atoms with E-state index in [1.165, 1.54) is 18.8 Å². The maximum atomic E-state index is 11.2. The van der Waals surface area contributed by atoms with E-state index >= 15 is 0 Å². The van der Waals surface area contributed by atoms with Crippen molar-refractivity contribution in [1.82, 2.24) is 0 Å². The highest BCUT2D eigenvalue weighted by molar-refractivity contribution is 6.74. The van der Waals surface area contributed by atoms with Crippen molar-refractivity contribution >= 4 is 14.3 Å². The number of methoxy groups -OCH3 is 1. The quantitative estimate of drug-likeness (QED) is 0.133. The molecule has 200 valence electrons. The molecular weight excluding hydrogens is 472 g/mol. The fourth-order valence-corrected chi connectivity index (χ4v) is 4.71. The van der Waals surface area contributed by atoms with Gasteiger partial charge in [0, 0.05) is 6.92 Å². The Bertz CT molecular complexity index is 911. The lowest BCUT2D eigenvalue weighted by atomic mass is 10.0. The van der Waals surface area contributed by atoms with Crippen LogP contribution in [-0.4, -0.2) is 46.3 Å². The Balaban J connectivity index is 2.29. The largest absolute Gasteiger partial charge is 0.497 e. The van der Waals surface area contributed by atoms with Crippen LogP contribution in [0.3, 0.4) is 0 Å². The Kier molecular flexibility index (Phi) is 11.6. The fourth-order valence-electron chi connectivity index (χ4n) is 3.44. The topological polar surface area (TPSA) is 63.2 Å². The van der Waals surface area contributed by atoms with E-state index in [4.69, 9.17) is 23.4 Å². The van der Waals surface area contributed by atoms with Gasteiger partial charge in [-0.1, -0.05) is 56.7 Å². The van der Waals surface area contributed by atoms with Gasteiger partial charge in [-0.2, -0.15) is 0 Å². The van der Waals surface area contributed by atoms with Gasteiger partial charge in [0.05, 0.1) is 44.9 Å². The Morgan fingerprint density at radius 2 is 1.92 bits per heavy atom. The standard InChI is InChI=1S/C29H44O6Si/c1-22-17-19-33-26(20-22)15-16-28(35-36(7,8)29(3,4)5)27(10-9-18-32-23(2)30)34-21-24-11-13-25(31-6)14-12-24/h9,11-18,26-28H,10,19-21H2,1-8H3/b16-15+,18-9+/t26-,27+,28?/m1/s1. The minimum Gasteiger partial charge on any atom is -0.497 e. The third kappa shape index (κ3) is 10.0. The predicted octanol–water partition coefficient (Wildman–Crippen LogP) is 6.73. The highest BCUT2D eigenvalue weighted by atomic mass is 28.4. The molecule has 0 aliphatic carbocycles. The molecule has 1 aliphatic heterocycles. The van der Waals surface area contributed by atoms with E-state index in [1.54, 1.807) is 7.11 Å².